The average Bonchev–Trinajstić information content (AvgIpc) is 3.30. The van der Waals surface area contributed by atoms with Crippen LogP contribution in [0.4, 0.5) is 5.69 Å². The predicted molar refractivity (Wildman–Crippen MR) is 103 cm³/mol. The predicted octanol–water partition coefficient (Wildman–Crippen LogP) is 5.03. The number of benzene rings is 3. The van der Waals surface area contributed by atoms with Gasteiger partial charge in [-0.15, -0.1) is 0 Å². The van der Waals surface area contributed by atoms with Crippen molar-refractivity contribution in [2.45, 2.75) is 17.3 Å². The van der Waals surface area contributed by atoms with Gasteiger partial charge in [0.05, 0.1) is 5.41 Å². The maximum Gasteiger partial charge on any atom is 0.236 e. The van der Waals surface area contributed by atoms with Crippen molar-refractivity contribution in [3.05, 3.63) is 100 Å². The zero-order valence-corrected chi connectivity index (χ0v) is 15.1. The van der Waals surface area contributed by atoms with E-state index in [4.69, 9.17) is 0 Å². The first-order valence-corrected chi connectivity index (χ1v) is 9.20. The lowest BCUT2D eigenvalue weighted by Crippen LogP contribution is -2.30. The summed E-state index contributed by atoms with van der Waals surface area (Å²) in [7, 11) is 0. The molecule has 1 aliphatic heterocycles. The zero-order valence-electron chi connectivity index (χ0n) is 13.5. The largest absolute Gasteiger partial charge is 0.325 e. The van der Waals surface area contributed by atoms with Crippen LogP contribution in [0.1, 0.15) is 23.1 Å². The molecule has 3 heteroatoms. The van der Waals surface area contributed by atoms with E-state index in [1.165, 1.54) is 11.1 Å². The van der Waals surface area contributed by atoms with E-state index in [0.29, 0.717) is 0 Å². The number of hydrogen-bond donors (Lipinski definition) is 1. The molecule has 3 aromatic carbocycles. The summed E-state index contributed by atoms with van der Waals surface area (Å²) in [5.41, 5.74) is 3.58. The van der Waals surface area contributed by atoms with Crippen LogP contribution in [0.2, 0.25) is 0 Å². The van der Waals surface area contributed by atoms with E-state index in [9.17, 15) is 4.79 Å². The molecule has 1 fully saturated rings. The summed E-state index contributed by atoms with van der Waals surface area (Å²) in [6.07, 6.45) is 0.795. The minimum Gasteiger partial charge on any atom is -0.325 e. The fourth-order valence-corrected chi connectivity index (χ4v) is 4.95. The molecule has 1 saturated carbocycles. The minimum absolute atomic E-state index is 0.105. The van der Waals surface area contributed by atoms with E-state index in [2.05, 4.69) is 75.8 Å². The molecule has 0 radical (unpaired) electrons. The first-order chi connectivity index (χ1) is 12.2. The van der Waals surface area contributed by atoms with Gasteiger partial charge in [0.2, 0.25) is 5.91 Å². The van der Waals surface area contributed by atoms with E-state index in [1.54, 1.807) is 0 Å². The molecule has 0 bridgehead atoms. The van der Waals surface area contributed by atoms with Gasteiger partial charge < -0.3 is 5.32 Å². The van der Waals surface area contributed by atoms with Gasteiger partial charge in [0.15, 0.2) is 0 Å². The summed E-state index contributed by atoms with van der Waals surface area (Å²) >= 11 is 3.58. The maximum atomic E-state index is 13.2. The Morgan fingerprint density at radius 1 is 0.800 bits per heavy atom. The van der Waals surface area contributed by atoms with Crippen molar-refractivity contribution in [3.8, 4) is 0 Å². The lowest BCUT2D eigenvalue weighted by Gasteiger charge is -2.23. The van der Waals surface area contributed by atoms with Crippen molar-refractivity contribution in [2.75, 3.05) is 5.32 Å². The Bertz CT molecular complexity index is 944. The number of amides is 1. The van der Waals surface area contributed by atoms with Crippen LogP contribution in [0.5, 0.6) is 0 Å². The number of halogens is 1. The van der Waals surface area contributed by atoms with Crippen LogP contribution in [-0.4, -0.2) is 5.91 Å². The molecule has 1 amide bonds. The number of fused-ring (bicyclic) bond motifs is 2. The third kappa shape index (κ3) is 1.82. The molecular weight excluding hydrogens is 374 g/mol. The third-order valence-electron chi connectivity index (χ3n) is 5.74. The van der Waals surface area contributed by atoms with Gasteiger partial charge in [-0.1, -0.05) is 76.6 Å². The Balaban J connectivity index is 1.80. The summed E-state index contributed by atoms with van der Waals surface area (Å²) in [5.74, 6) is 0.105. The highest BCUT2D eigenvalue weighted by Crippen LogP contribution is 2.72. The van der Waals surface area contributed by atoms with Crippen LogP contribution in [0.15, 0.2) is 83.3 Å². The summed E-state index contributed by atoms with van der Waals surface area (Å²) in [5, 5.41) is 3.11. The van der Waals surface area contributed by atoms with Gasteiger partial charge in [0, 0.05) is 15.6 Å². The van der Waals surface area contributed by atoms with Crippen molar-refractivity contribution in [1.29, 1.82) is 0 Å². The van der Waals surface area contributed by atoms with Crippen molar-refractivity contribution in [2.24, 2.45) is 0 Å². The highest BCUT2D eigenvalue weighted by Gasteiger charge is 2.76. The molecule has 122 valence electrons. The number of carbonyl (C=O) groups is 1. The standard InChI is InChI=1S/C22H16BrNO/c23-17-11-12-19-18(13-17)22(20(25)24-19)14-21(22,15-7-3-1-4-8-15)16-9-5-2-6-10-16/h1-13H,14H2,(H,24,25). The van der Waals surface area contributed by atoms with Crippen LogP contribution in [0, 0.1) is 0 Å². The Morgan fingerprint density at radius 3 is 2.00 bits per heavy atom. The third-order valence-corrected chi connectivity index (χ3v) is 6.24. The molecule has 1 aliphatic carbocycles. The number of nitrogens with one attached hydrogen (secondary N) is 1. The number of hydrogen-bond acceptors (Lipinski definition) is 1. The van der Waals surface area contributed by atoms with Crippen LogP contribution in [0.25, 0.3) is 0 Å². The van der Waals surface area contributed by atoms with E-state index < -0.39 is 5.41 Å². The van der Waals surface area contributed by atoms with Gasteiger partial charge in [0.1, 0.15) is 0 Å². The lowest BCUT2D eigenvalue weighted by molar-refractivity contribution is -0.118. The molecule has 1 unspecified atom stereocenters. The summed E-state index contributed by atoms with van der Waals surface area (Å²) in [6, 6.07) is 26.9. The van der Waals surface area contributed by atoms with Crippen molar-refractivity contribution in [3.63, 3.8) is 0 Å². The zero-order chi connectivity index (χ0) is 17.1. The monoisotopic (exact) mass is 389 g/mol. The number of anilines is 1. The van der Waals surface area contributed by atoms with Crippen molar-refractivity contribution < 1.29 is 4.79 Å². The van der Waals surface area contributed by atoms with Crippen LogP contribution in [0.3, 0.4) is 0 Å². The van der Waals surface area contributed by atoms with Gasteiger partial charge in [-0.2, -0.15) is 0 Å². The quantitative estimate of drug-likeness (QED) is 0.654. The van der Waals surface area contributed by atoms with E-state index in [1.807, 2.05) is 24.3 Å². The van der Waals surface area contributed by atoms with Crippen LogP contribution in [-0.2, 0) is 15.6 Å². The molecule has 1 heterocycles. The highest BCUT2D eigenvalue weighted by atomic mass is 79.9. The molecule has 1 N–H and O–H groups in total. The van der Waals surface area contributed by atoms with Gasteiger partial charge in [0.25, 0.3) is 0 Å². The van der Waals surface area contributed by atoms with E-state index in [-0.39, 0.29) is 11.3 Å². The van der Waals surface area contributed by atoms with E-state index in [0.717, 1.165) is 22.1 Å². The van der Waals surface area contributed by atoms with Crippen molar-refractivity contribution >= 4 is 27.5 Å². The van der Waals surface area contributed by atoms with Gasteiger partial charge in [-0.25, -0.2) is 0 Å². The SMILES string of the molecule is O=C1Nc2ccc(Br)cc2C12CC2(c1ccccc1)c1ccccc1. The topological polar surface area (TPSA) is 29.1 Å². The molecule has 5 rings (SSSR count). The first-order valence-electron chi connectivity index (χ1n) is 8.41. The second-order valence-electron chi connectivity index (χ2n) is 6.86. The molecule has 0 saturated heterocycles. The normalized spacial score (nSPS) is 22.5. The van der Waals surface area contributed by atoms with Crippen molar-refractivity contribution in [1.82, 2.24) is 0 Å². The summed E-state index contributed by atoms with van der Waals surface area (Å²) < 4.78 is 1.00. The first kappa shape index (κ1) is 14.9. The molecule has 1 spiro atoms. The molecule has 2 aliphatic rings. The lowest BCUT2D eigenvalue weighted by atomic mass is 9.77. The van der Waals surface area contributed by atoms with Gasteiger partial charge in [-0.3, -0.25) is 4.79 Å². The summed E-state index contributed by atoms with van der Waals surface area (Å²) in [4.78, 5) is 13.2. The second kappa shape index (κ2) is 5.06. The molecular formula is C22H16BrNO. The van der Waals surface area contributed by atoms with E-state index >= 15 is 0 Å². The molecule has 0 aromatic heterocycles. The molecule has 1 atom stereocenters. The fourth-order valence-electron chi connectivity index (χ4n) is 4.59. The highest BCUT2D eigenvalue weighted by molar-refractivity contribution is 9.10. The maximum absolute atomic E-state index is 13.2. The molecule has 25 heavy (non-hydrogen) atoms. The number of rotatable bonds is 2. The Hall–Kier alpha value is -2.39. The Kier molecular flexibility index (Phi) is 3.02. The van der Waals surface area contributed by atoms with Gasteiger partial charge >= 0.3 is 0 Å². The van der Waals surface area contributed by atoms with Crippen LogP contribution < -0.4 is 5.32 Å². The van der Waals surface area contributed by atoms with Gasteiger partial charge in [-0.05, 0) is 41.3 Å². The molecule has 2 nitrogen and oxygen atoms in total. The van der Waals surface area contributed by atoms with Crippen LogP contribution >= 0.6 is 15.9 Å². The Labute approximate surface area is 155 Å². The summed E-state index contributed by atoms with van der Waals surface area (Å²) in [6.45, 7) is 0. The smallest absolute Gasteiger partial charge is 0.236 e. The minimum atomic E-state index is -0.533. The number of carbonyl (C=O) groups excluding carboxylic acids is 1. The fraction of sp³-hybridized carbons (Fsp3) is 0.136. The average molecular weight is 390 g/mol. The second-order valence-corrected chi connectivity index (χ2v) is 7.78. The Morgan fingerprint density at radius 2 is 1.40 bits per heavy atom. The molecule has 3 aromatic rings.